The van der Waals surface area contributed by atoms with Gasteiger partial charge in [0.25, 0.3) is 0 Å². The zero-order valence-corrected chi connectivity index (χ0v) is 14.2. The molecule has 2 heterocycles. The molecule has 0 atom stereocenters. The first-order chi connectivity index (χ1) is 11.2. The molecular weight excluding hydrogens is 331 g/mol. The van der Waals surface area contributed by atoms with Crippen molar-refractivity contribution in [2.24, 2.45) is 0 Å². The van der Waals surface area contributed by atoms with Gasteiger partial charge < -0.3 is 4.90 Å². The van der Waals surface area contributed by atoms with E-state index in [2.05, 4.69) is 32.1 Å². The van der Waals surface area contributed by atoms with Gasteiger partial charge in [-0.2, -0.15) is 0 Å². The summed E-state index contributed by atoms with van der Waals surface area (Å²) in [6.07, 6.45) is 4.33. The molecule has 0 bridgehead atoms. The normalized spacial score (nSPS) is 16.2. The van der Waals surface area contributed by atoms with E-state index in [0.29, 0.717) is 5.15 Å². The second-order valence-corrected chi connectivity index (χ2v) is 6.28. The van der Waals surface area contributed by atoms with E-state index in [9.17, 15) is 0 Å². The second kappa shape index (κ2) is 7.77. The molecule has 0 aliphatic carbocycles. The summed E-state index contributed by atoms with van der Waals surface area (Å²) < 4.78 is 0. The van der Waals surface area contributed by atoms with Crippen molar-refractivity contribution >= 4 is 35.1 Å². The highest BCUT2D eigenvalue weighted by Gasteiger charge is 2.17. The van der Waals surface area contributed by atoms with Gasteiger partial charge in [-0.3, -0.25) is 4.90 Å². The third kappa shape index (κ3) is 4.67. The molecule has 120 valence electrons. The van der Waals surface area contributed by atoms with Crippen LogP contribution in [0.25, 0.3) is 6.08 Å². The molecule has 0 N–H and O–H groups in total. The lowest BCUT2D eigenvalue weighted by Gasteiger charge is -2.34. The Labute approximate surface area is 146 Å². The highest BCUT2D eigenvalue weighted by atomic mass is 35.5. The first-order valence-electron chi connectivity index (χ1n) is 7.59. The van der Waals surface area contributed by atoms with Crippen LogP contribution in [0.2, 0.25) is 10.2 Å². The van der Waals surface area contributed by atoms with Crippen molar-refractivity contribution < 1.29 is 0 Å². The average molecular weight is 349 g/mol. The Morgan fingerprint density at radius 3 is 2.30 bits per heavy atom. The maximum Gasteiger partial charge on any atom is 0.151 e. The summed E-state index contributed by atoms with van der Waals surface area (Å²) in [6.45, 7) is 4.86. The summed E-state index contributed by atoms with van der Waals surface area (Å²) in [4.78, 5) is 4.66. The van der Waals surface area contributed by atoms with Crippen LogP contribution in [0, 0.1) is 0 Å². The van der Waals surface area contributed by atoms with Crippen LogP contribution in [0.4, 0.5) is 5.82 Å². The van der Waals surface area contributed by atoms with Gasteiger partial charge in [0.05, 0.1) is 0 Å². The number of hydrogen-bond donors (Lipinski definition) is 0. The van der Waals surface area contributed by atoms with Crippen molar-refractivity contribution in [3.05, 3.63) is 58.2 Å². The Hall–Kier alpha value is -1.62. The topological polar surface area (TPSA) is 32.3 Å². The van der Waals surface area contributed by atoms with Crippen LogP contribution in [0.3, 0.4) is 0 Å². The van der Waals surface area contributed by atoms with Crippen molar-refractivity contribution in [3.8, 4) is 0 Å². The summed E-state index contributed by atoms with van der Waals surface area (Å²) >= 11 is 11.7. The fourth-order valence-electron chi connectivity index (χ4n) is 2.55. The Kier molecular flexibility index (Phi) is 5.49. The first-order valence-corrected chi connectivity index (χ1v) is 8.35. The van der Waals surface area contributed by atoms with Crippen molar-refractivity contribution in [2.75, 3.05) is 37.6 Å². The lowest BCUT2D eigenvalue weighted by Crippen LogP contribution is -2.46. The maximum absolute atomic E-state index is 5.89. The van der Waals surface area contributed by atoms with Gasteiger partial charge in [0, 0.05) is 37.7 Å². The minimum Gasteiger partial charge on any atom is -0.353 e. The lowest BCUT2D eigenvalue weighted by molar-refractivity contribution is 0.283. The highest BCUT2D eigenvalue weighted by Crippen LogP contribution is 2.14. The minimum absolute atomic E-state index is 0.430. The third-order valence-corrected chi connectivity index (χ3v) is 4.31. The van der Waals surface area contributed by atoms with E-state index >= 15 is 0 Å². The number of hydrogen-bond acceptors (Lipinski definition) is 4. The van der Waals surface area contributed by atoms with E-state index in [4.69, 9.17) is 23.2 Å². The molecule has 2 aromatic rings. The van der Waals surface area contributed by atoms with Gasteiger partial charge in [0.2, 0.25) is 0 Å². The van der Waals surface area contributed by atoms with Gasteiger partial charge in [-0.15, -0.1) is 10.2 Å². The summed E-state index contributed by atoms with van der Waals surface area (Å²) in [7, 11) is 0. The van der Waals surface area contributed by atoms with E-state index in [1.54, 1.807) is 6.07 Å². The Balaban J connectivity index is 1.47. The molecule has 1 aliphatic rings. The molecule has 23 heavy (non-hydrogen) atoms. The quantitative estimate of drug-likeness (QED) is 0.844. The number of aromatic nitrogens is 2. The Morgan fingerprint density at radius 2 is 1.65 bits per heavy atom. The molecule has 0 spiro atoms. The van der Waals surface area contributed by atoms with Crippen LogP contribution in [0.5, 0.6) is 0 Å². The van der Waals surface area contributed by atoms with Gasteiger partial charge in [0.1, 0.15) is 0 Å². The summed E-state index contributed by atoms with van der Waals surface area (Å²) in [5.41, 5.74) is 1.17. The molecule has 1 fully saturated rings. The zero-order chi connectivity index (χ0) is 16.1. The van der Waals surface area contributed by atoms with Crippen molar-refractivity contribution in [2.45, 2.75) is 0 Å². The summed E-state index contributed by atoms with van der Waals surface area (Å²) in [5, 5.41) is 9.24. The van der Waals surface area contributed by atoms with Crippen LogP contribution in [-0.4, -0.2) is 47.8 Å². The van der Waals surface area contributed by atoms with Gasteiger partial charge in [-0.25, -0.2) is 0 Å². The molecule has 1 aliphatic heterocycles. The molecule has 6 heteroatoms. The number of piperazine rings is 1. The van der Waals surface area contributed by atoms with E-state index < -0.39 is 0 Å². The van der Waals surface area contributed by atoms with Gasteiger partial charge >= 0.3 is 0 Å². The predicted molar refractivity (Wildman–Crippen MR) is 96.2 cm³/mol. The average Bonchev–Trinajstić information content (AvgIpc) is 2.58. The second-order valence-electron chi connectivity index (χ2n) is 5.46. The van der Waals surface area contributed by atoms with Crippen LogP contribution in [0.15, 0.2) is 42.5 Å². The smallest absolute Gasteiger partial charge is 0.151 e. The van der Waals surface area contributed by atoms with Crippen LogP contribution < -0.4 is 4.90 Å². The summed E-state index contributed by atoms with van der Waals surface area (Å²) in [5.74, 6) is 0.894. The minimum atomic E-state index is 0.430. The van der Waals surface area contributed by atoms with E-state index in [-0.39, 0.29) is 0 Å². The summed E-state index contributed by atoms with van der Waals surface area (Å²) in [6, 6.07) is 11.6. The highest BCUT2D eigenvalue weighted by molar-refractivity contribution is 6.30. The standard InChI is InChI=1S/C17H18Cl2N4/c18-15-5-3-14(4-6-15)2-1-9-22-10-12-23(13-11-22)17-8-7-16(19)20-21-17/h1-8H,9-13H2/b2-1+. The molecule has 1 saturated heterocycles. The maximum atomic E-state index is 5.89. The fourth-order valence-corrected chi connectivity index (χ4v) is 2.78. The number of rotatable bonds is 4. The molecule has 3 rings (SSSR count). The molecular formula is C17H18Cl2N4. The molecule has 0 amide bonds. The van der Waals surface area contributed by atoms with Crippen LogP contribution in [0.1, 0.15) is 5.56 Å². The largest absolute Gasteiger partial charge is 0.353 e. The number of nitrogens with zero attached hydrogens (tertiary/aromatic N) is 4. The van der Waals surface area contributed by atoms with Crippen molar-refractivity contribution in [1.29, 1.82) is 0 Å². The Bertz CT molecular complexity index is 647. The van der Waals surface area contributed by atoms with E-state index in [0.717, 1.165) is 43.6 Å². The van der Waals surface area contributed by atoms with E-state index in [1.165, 1.54) is 5.56 Å². The van der Waals surface area contributed by atoms with Crippen molar-refractivity contribution in [1.82, 2.24) is 15.1 Å². The number of halogens is 2. The lowest BCUT2D eigenvalue weighted by atomic mass is 10.2. The number of anilines is 1. The van der Waals surface area contributed by atoms with Gasteiger partial charge in [-0.05, 0) is 29.8 Å². The monoisotopic (exact) mass is 348 g/mol. The van der Waals surface area contributed by atoms with Gasteiger partial charge in [0.15, 0.2) is 11.0 Å². The molecule has 0 saturated carbocycles. The number of benzene rings is 1. The molecule has 1 aromatic carbocycles. The van der Waals surface area contributed by atoms with Gasteiger partial charge in [-0.1, -0.05) is 47.5 Å². The SMILES string of the molecule is Clc1ccc(/C=C/CN2CCN(c3ccc(Cl)nn3)CC2)cc1. The molecule has 0 radical (unpaired) electrons. The molecule has 0 unspecified atom stereocenters. The van der Waals surface area contributed by atoms with Crippen LogP contribution in [-0.2, 0) is 0 Å². The third-order valence-electron chi connectivity index (χ3n) is 3.86. The van der Waals surface area contributed by atoms with Crippen molar-refractivity contribution in [3.63, 3.8) is 0 Å². The zero-order valence-electron chi connectivity index (χ0n) is 12.7. The predicted octanol–water partition coefficient (Wildman–Crippen LogP) is 3.62. The Morgan fingerprint density at radius 1 is 0.913 bits per heavy atom. The first kappa shape index (κ1) is 16.2. The van der Waals surface area contributed by atoms with Crippen LogP contribution >= 0.6 is 23.2 Å². The molecule has 1 aromatic heterocycles. The molecule has 4 nitrogen and oxygen atoms in total. The fraction of sp³-hybridized carbons (Fsp3) is 0.294. The van der Waals surface area contributed by atoms with E-state index in [1.807, 2.05) is 30.3 Å².